The van der Waals surface area contributed by atoms with E-state index in [9.17, 15) is 0 Å². The fourth-order valence-electron chi connectivity index (χ4n) is 7.38. The maximum absolute atomic E-state index is 9.07. The maximum Gasteiger partial charge on any atom is 0.160 e. The lowest BCUT2D eigenvalue weighted by Gasteiger charge is -2.27. The molecule has 52 heavy (non-hydrogen) atoms. The van der Waals surface area contributed by atoms with Crippen molar-refractivity contribution in [3.05, 3.63) is 194 Å². The molecule has 0 atom stereocenters. The third-order valence-corrected chi connectivity index (χ3v) is 9.63. The van der Waals surface area contributed by atoms with Crippen LogP contribution in [0.4, 0.5) is 17.1 Å². The van der Waals surface area contributed by atoms with E-state index in [-0.39, 0.29) is 29.9 Å². The summed E-state index contributed by atoms with van der Waals surface area (Å²) >= 11 is 0. The van der Waals surface area contributed by atoms with Gasteiger partial charge >= 0.3 is 0 Å². The van der Waals surface area contributed by atoms with Crippen LogP contribution in [0, 0.1) is 0 Å². The molecule has 7 aromatic carbocycles. The largest absolute Gasteiger partial charge is 0.309 e. The highest BCUT2D eigenvalue weighted by Gasteiger charge is 2.31. The predicted molar refractivity (Wildman–Crippen MR) is 214 cm³/mol. The molecule has 244 valence electrons. The summed E-state index contributed by atoms with van der Waals surface area (Å²) < 4.78 is 46.0. The zero-order valence-electron chi connectivity index (χ0n) is 32.9. The first-order chi connectivity index (χ1) is 27.9. The van der Waals surface area contributed by atoms with Crippen molar-refractivity contribution in [1.82, 2.24) is 14.5 Å². The smallest absolute Gasteiger partial charge is 0.160 e. The molecule has 0 radical (unpaired) electrons. The molecule has 0 N–H and O–H groups in total. The highest BCUT2D eigenvalue weighted by molar-refractivity contribution is 6.13. The van der Waals surface area contributed by atoms with E-state index in [1.165, 1.54) is 0 Å². The van der Waals surface area contributed by atoms with E-state index in [1.54, 1.807) is 0 Å². The van der Waals surface area contributed by atoms with Gasteiger partial charge < -0.3 is 9.47 Å². The summed E-state index contributed by atoms with van der Waals surface area (Å²) in [6.45, 7) is 0. The Morgan fingerprint density at radius 2 is 1.06 bits per heavy atom. The van der Waals surface area contributed by atoms with Gasteiger partial charge in [-0.15, -0.1) is 0 Å². The number of benzene rings is 7. The lowest BCUT2D eigenvalue weighted by Crippen LogP contribution is -2.11. The molecule has 0 bridgehead atoms. The molecule has 3 heterocycles. The van der Waals surface area contributed by atoms with Gasteiger partial charge in [0, 0.05) is 50.1 Å². The minimum Gasteiger partial charge on any atom is -0.309 e. The van der Waals surface area contributed by atoms with Crippen molar-refractivity contribution >= 4 is 28.0 Å². The first-order valence-corrected chi connectivity index (χ1v) is 17.2. The average molecular weight is 670 g/mol. The summed E-state index contributed by atoms with van der Waals surface area (Å²) in [4.78, 5) is 12.0. The lowest BCUT2D eigenvalue weighted by atomic mass is 9.98. The van der Waals surface area contributed by atoms with Gasteiger partial charge in [0.05, 0.1) is 40.8 Å². The Labute approximate surface area is 309 Å². The van der Waals surface area contributed by atoms with Crippen LogP contribution in [-0.4, -0.2) is 14.5 Å². The molecule has 1 aliphatic rings. The maximum atomic E-state index is 9.07. The van der Waals surface area contributed by atoms with E-state index >= 15 is 0 Å². The summed E-state index contributed by atoms with van der Waals surface area (Å²) in [6.07, 6.45) is 0. The number of fused-ring (bicyclic) bond motifs is 7. The van der Waals surface area contributed by atoms with E-state index < -0.39 is 6.04 Å². The van der Waals surface area contributed by atoms with Crippen LogP contribution in [0.5, 0.6) is 0 Å². The number of hydrogen-bond acceptors (Lipinski definition) is 3. The number of hydrogen-bond donors (Lipinski definition) is 0. The second kappa shape index (κ2) is 12.4. The quantitative estimate of drug-likeness (QED) is 0.183. The molecule has 0 fully saturated rings. The molecule has 9 aromatic rings. The van der Waals surface area contributed by atoms with Crippen LogP contribution < -0.4 is 4.90 Å². The molecule has 4 heteroatoms. The Kier molecular flexibility index (Phi) is 5.95. The standard InChI is InChI=1S/C48H32N4/c1-4-17-33(18-5-1)41-32-42(50-48(49-41)34-19-6-2-7-20-34)35-21-16-24-37(31-35)52-44-29-14-11-26-39(44)46-38-25-10-13-28-43(38)51(36-22-8-3-9-23-36)45-30-15-12-27-40(45)47(46)52/h1-32H/i3D,8D,9D,22D,23D. The number of para-hydroxylation sites is 4. The van der Waals surface area contributed by atoms with Crippen LogP contribution in [-0.2, 0) is 0 Å². The second-order valence-electron chi connectivity index (χ2n) is 12.7. The number of aromatic nitrogens is 3. The van der Waals surface area contributed by atoms with Crippen LogP contribution in [0.1, 0.15) is 6.85 Å². The van der Waals surface area contributed by atoms with Crippen LogP contribution in [0.25, 0.3) is 72.9 Å². The zero-order chi connectivity index (χ0) is 38.8. The molecule has 1 aliphatic heterocycles. The number of rotatable bonds is 5. The minimum absolute atomic E-state index is 0.0936. The van der Waals surface area contributed by atoms with Gasteiger partial charge in [-0.1, -0.05) is 146 Å². The molecule has 0 unspecified atom stereocenters. The minimum atomic E-state index is -0.429. The van der Waals surface area contributed by atoms with Gasteiger partial charge in [0.2, 0.25) is 0 Å². The summed E-state index contributed by atoms with van der Waals surface area (Å²) in [5.74, 6) is 0.635. The Morgan fingerprint density at radius 3 is 1.83 bits per heavy atom. The summed E-state index contributed by atoms with van der Waals surface area (Å²) in [5.41, 5.74) is 11.5. The van der Waals surface area contributed by atoms with E-state index in [4.69, 9.17) is 16.8 Å². The molecule has 0 saturated carbocycles. The van der Waals surface area contributed by atoms with E-state index in [2.05, 4.69) is 47.0 Å². The van der Waals surface area contributed by atoms with Crippen molar-refractivity contribution in [3.8, 4) is 62.0 Å². The molecule has 0 saturated heterocycles. The molecular formula is C48H32N4. The Bertz CT molecular complexity index is 2950. The van der Waals surface area contributed by atoms with Crippen LogP contribution >= 0.6 is 0 Å². The van der Waals surface area contributed by atoms with Crippen molar-refractivity contribution in [2.75, 3.05) is 4.90 Å². The van der Waals surface area contributed by atoms with Crippen LogP contribution in [0.3, 0.4) is 0 Å². The zero-order valence-corrected chi connectivity index (χ0v) is 27.9. The monoisotopic (exact) mass is 669 g/mol. The van der Waals surface area contributed by atoms with Crippen molar-refractivity contribution < 1.29 is 6.85 Å². The first kappa shape index (κ1) is 25.0. The SMILES string of the molecule is [2H]c1c([2H])c([2H])c(N2c3ccccc3-c3c(n(-c4cccc(-c5cc(-c6ccccc6)nc(-c6ccccc6)n5)c4)c4ccccc34)-c3ccccc32)c([2H])c1[2H]. The third kappa shape index (κ3) is 4.92. The van der Waals surface area contributed by atoms with Gasteiger partial charge in [-0.3, -0.25) is 0 Å². The van der Waals surface area contributed by atoms with E-state index in [0.717, 1.165) is 67.1 Å². The first-order valence-electron chi connectivity index (χ1n) is 19.7. The van der Waals surface area contributed by atoms with Gasteiger partial charge in [-0.05, 0) is 48.5 Å². The van der Waals surface area contributed by atoms with E-state index in [1.807, 2.05) is 126 Å². The van der Waals surface area contributed by atoms with Crippen molar-refractivity contribution in [2.45, 2.75) is 0 Å². The molecule has 0 spiro atoms. The molecule has 2 aromatic heterocycles. The Morgan fingerprint density at radius 1 is 0.462 bits per heavy atom. The van der Waals surface area contributed by atoms with Gasteiger partial charge in [0.15, 0.2) is 5.82 Å². The van der Waals surface area contributed by atoms with Crippen LogP contribution in [0.2, 0.25) is 0 Å². The molecule has 0 aliphatic carbocycles. The molecular weight excluding hydrogens is 633 g/mol. The predicted octanol–water partition coefficient (Wildman–Crippen LogP) is 12.5. The normalized spacial score (nSPS) is 13.2. The van der Waals surface area contributed by atoms with Crippen molar-refractivity contribution in [2.24, 2.45) is 0 Å². The molecule has 4 nitrogen and oxygen atoms in total. The fourth-order valence-corrected chi connectivity index (χ4v) is 7.38. The lowest BCUT2D eigenvalue weighted by molar-refractivity contribution is 1.13. The third-order valence-electron chi connectivity index (χ3n) is 9.63. The second-order valence-corrected chi connectivity index (χ2v) is 12.7. The Balaban J connectivity index is 1.25. The van der Waals surface area contributed by atoms with Crippen molar-refractivity contribution in [3.63, 3.8) is 0 Å². The number of nitrogens with zero attached hydrogens (tertiary/aromatic N) is 4. The highest BCUT2D eigenvalue weighted by atomic mass is 15.2. The van der Waals surface area contributed by atoms with Gasteiger partial charge in [0.1, 0.15) is 0 Å². The molecule has 0 amide bonds. The average Bonchev–Trinajstić information content (AvgIpc) is 3.56. The molecule has 10 rings (SSSR count). The topological polar surface area (TPSA) is 34.0 Å². The summed E-state index contributed by atoms with van der Waals surface area (Å²) in [6, 6.07) is 53.0. The number of anilines is 3. The summed E-state index contributed by atoms with van der Waals surface area (Å²) in [7, 11) is 0. The van der Waals surface area contributed by atoms with Crippen molar-refractivity contribution in [1.29, 1.82) is 0 Å². The van der Waals surface area contributed by atoms with Gasteiger partial charge in [-0.2, -0.15) is 0 Å². The van der Waals surface area contributed by atoms with Crippen LogP contribution in [0.15, 0.2) is 194 Å². The van der Waals surface area contributed by atoms with Gasteiger partial charge in [0.25, 0.3) is 0 Å². The fraction of sp³-hybridized carbons (Fsp3) is 0. The highest BCUT2D eigenvalue weighted by Crippen LogP contribution is 2.54. The Hall–Kier alpha value is -7.04. The summed E-state index contributed by atoms with van der Waals surface area (Å²) in [5, 5.41) is 1.02. The van der Waals surface area contributed by atoms with Gasteiger partial charge in [-0.25, -0.2) is 9.97 Å². The van der Waals surface area contributed by atoms with E-state index in [0.29, 0.717) is 17.2 Å².